The van der Waals surface area contributed by atoms with Crippen LogP contribution in [0.1, 0.15) is 58.6 Å². The molecule has 1 aromatic carbocycles. The van der Waals surface area contributed by atoms with Crippen LogP contribution < -0.4 is 10.2 Å². The summed E-state index contributed by atoms with van der Waals surface area (Å²) in [5, 5.41) is 3.55. The van der Waals surface area contributed by atoms with E-state index >= 15 is 0 Å². The molecule has 1 aliphatic rings. The fourth-order valence-electron chi connectivity index (χ4n) is 3.09. The Morgan fingerprint density at radius 2 is 2.15 bits per heavy atom. The summed E-state index contributed by atoms with van der Waals surface area (Å²) in [6, 6.07) is 7.22. The van der Waals surface area contributed by atoms with E-state index in [1.165, 1.54) is 41.5 Å². The van der Waals surface area contributed by atoms with Crippen molar-refractivity contribution in [3.8, 4) is 0 Å². The molecule has 2 rings (SSSR count). The van der Waals surface area contributed by atoms with Gasteiger partial charge in [-0.3, -0.25) is 0 Å². The Hall–Kier alpha value is -0.540. The molecule has 0 spiro atoms. The lowest BCUT2D eigenvalue weighted by Gasteiger charge is -2.34. The molecule has 0 aromatic heterocycles. The summed E-state index contributed by atoms with van der Waals surface area (Å²) in [6.45, 7) is 11.3. The molecule has 1 unspecified atom stereocenters. The van der Waals surface area contributed by atoms with Crippen molar-refractivity contribution >= 4 is 21.6 Å². The fraction of sp³-hybridized carbons (Fsp3) is 0.647. The lowest BCUT2D eigenvalue weighted by Crippen LogP contribution is -2.38. The van der Waals surface area contributed by atoms with Crippen LogP contribution in [0.3, 0.4) is 0 Å². The predicted molar refractivity (Wildman–Crippen MR) is 91.5 cm³/mol. The second-order valence-corrected chi connectivity index (χ2v) is 7.30. The molecule has 0 aliphatic carbocycles. The van der Waals surface area contributed by atoms with Gasteiger partial charge < -0.3 is 10.2 Å². The molecule has 0 saturated carbocycles. The maximum Gasteiger partial charge on any atom is 0.0382 e. The van der Waals surface area contributed by atoms with Crippen molar-refractivity contribution in [2.24, 2.45) is 0 Å². The molecule has 0 radical (unpaired) electrons. The predicted octanol–water partition coefficient (Wildman–Crippen LogP) is 4.89. The van der Waals surface area contributed by atoms with E-state index in [0.717, 1.165) is 6.54 Å². The molecule has 20 heavy (non-hydrogen) atoms. The highest BCUT2D eigenvalue weighted by Gasteiger charge is 2.32. The van der Waals surface area contributed by atoms with Gasteiger partial charge in [-0.25, -0.2) is 0 Å². The number of nitrogens with one attached hydrogen (secondary N) is 1. The van der Waals surface area contributed by atoms with E-state index in [0.29, 0.717) is 6.04 Å². The number of anilines is 1. The number of nitrogens with zero attached hydrogens (tertiary/aromatic N) is 1. The number of halogens is 1. The Bertz CT molecular complexity index is 456. The summed E-state index contributed by atoms with van der Waals surface area (Å²) >= 11 is 3.76. The SMILES string of the molecule is CCCNC(C)c1ccc(N2CCCC2(C)C)cc1Br. The summed E-state index contributed by atoms with van der Waals surface area (Å²) in [5.74, 6) is 0. The average molecular weight is 339 g/mol. The lowest BCUT2D eigenvalue weighted by molar-refractivity contribution is 0.517. The van der Waals surface area contributed by atoms with Crippen molar-refractivity contribution in [1.29, 1.82) is 0 Å². The van der Waals surface area contributed by atoms with Crippen LogP contribution in [0, 0.1) is 0 Å². The van der Waals surface area contributed by atoms with Gasteiger partial charge in [0.05, 0.1) is 0 Å². The minimum absolute atomic E-state index is 0.285. The molecule has 1 fully saturated rings. The molecule has 1 N–H and O–H groups in total. The molecule has 0 amide bonds. The third kappa shape index (κ3) is 3.37. The molecule has 1 heterocycles. The molecule has 0 bridgehead atoms. The number of hydrogen-bond donors (Lipinski definition) is 1. The topological polar surface area (TPSA) is 15.3 Å². The highest BCUT2D eigenvalue weighted by atomic mass is 79.9. The van der Waals surface area contributed by atoms with Crippen LogP contribution in [0.5, 0.6) is 0 Å². The van der Waals surface area contributed by atoms with E-state index < -0.39 is 0 Å². The van der Waals surface area contributed by atoms with Gasteiger partial charge in [-0.05, 0) is 64.3 Å². The molecule has 1 aromatic rings. The van der Waals surface area contributed by atoms with E-state index in [4.69, 9.17) is 0 Å². The monoisotopic (exact) mass is 338 g/mol. The second kappa shape index (κ2) is 6.48. The van der Waals surface area contributed by atoms with Crippen LogP contribution in [-0.2, 0) is 0 Å². The normalized spacial score (nSPS) is 19.4. The highest BCUT2D eigenvalue weighted by molar-refractivity contribution is 9.10. The average Bonchev–Trinajstić information content (AvgIpc) is 2.75. The van der Waals surface area contributed by atoms with Crippen molar-refractivity contribution in [3.05, 3.63) is 28.2 Å². The first-order valence-electron chi connectivity index (χ1n) is 7.76. The van der Waals surface area contributed by atoms with Gasteiger partial charge in [0.25, 0.3) is 0 Å². The quantitative estimate of drug-likeness (QED) is 0.822. The zero-order valence-corrected chi connectivity index (χ0v) is 14.8. The van der Waals surface area contributed by atoms with Crippen LogP contribution in [0.25, 0.3) is 0 Å². The molecule has 1 aliphatic heterocycles. The Kier molecular flexibility index (Phi) is 5.14. The maximum atomic E-state index is 3.76. The van der Waals surface area contributed by atoms with Gasteiger partial charge >= 0.3 is 0 Å². The summed E-state index contributed by atoms with van der Waals surface area (Å²) in [7, 11) is 0. The Morgan fingerprint density at radius 1 is 1.40 bits per heavy atom. The molecular weight excluding hydrogens is 312 g/mol. The molecule has 2 nitrogen and oxygen atoms in total. The maximum absolute atomic E-state index is 3.76. The smallest absolute Gasteiger partial charge is 0.0382 e. The third-order valence-electron chi connectivity index (χ3n) is 4.36. The van der Waals surface area contributed by atoms with Crippen molar-refractivity contribution in [2.75, 3.05) is 18.0 Å². The van der Waals surface area contributed by atoms with E-state index in [1.807, 2.05) is 0 Å². The van der Waals surface area contributed by atoms with Gasteiger partial charge in [0.2, 0.25) is 0 Å². The summed E-state index contributed by atoms with van der Waals surface area (Å²) in [5.41, 5.74) is 2.97. The summed E-state index contributed by atoms with van der Waals surface area (Å²) in [6.07, 6.45) is 3.74. The van der Waals surface area contributed by atoms with Crippen LogP contribution in [0.15, 0.2) is 22.7 Å². The number of hydrogen-bond acceptors (Lipinski definition) is 2. The fourth-order valence-corrected chi connectivity index (χ4v) is 3.80. The van der Waals surface area contributed by atoms with Crippen LogP contribution >= 0.6 is 15.9 Å². The van der Waals surface area contributed by atoms with E-state index in [1.54, 1.807) is 0 Å². The standard InChI is InChI=1S/C17H27BrN2/c1-5-10-19-13(2)15-8-7-14(12-16(15)18)20-11-6-9-17(20,3)4/h7-8,12-13,19H,5-6,9-11H2,1-4H3. The number of rotatable bonds is 5. The highest BCUT2D eigenvalue weighted by Crippen LogP contribution is 2.36. The zero-order chi connectivity index (χ0) is 14.8. The minimum Gasteiger partial charge on any atom is -0.366 e. The first-order valence-corrected chi connectivity index (χ1v) is 8.55. The minimum atomic E-state index is 0.285. The van der Waals surface area contributed by atoms with Crippen molar-refractivity contribution in [2.45, 2.75) is 58.5 Å². The largest absolute Gasteiger partial charge is 0.366 e. The van der Waals surface area contributed by atoms with Crippen molar-refractivity contribution < 1.29 is 0 Å². The lowest BCUT2D eigenvalue weighted by atomic mass is 10.0. The van der Waals surface area contributed by atoms with Gasteiger partial charge in [-0.1, -0.05) is 28.9 Å². The van der Waals surface area contributed by atoms with Crippen molar-refractivity contribution in [3.63, 3.8) is 0 Å². The van der Waals surface area contributed by atoms with Crippen LogP contribution in [-0.4, -0.2) is 18.6 Å². The molecular formula is C17H27BrN2. The van der Waals surface area contributed by atoms with Gasteiger partial charge in [0, 0.05) is 28.3 Å². The molecule has 3 heteroatoms. The Morgan fingerprint density at radius 3 is 2.70 bits per heavy atom. The molecule has 1 saturated heterocycles. The first-order chi connectivity index (χ1) is 9.45. The zero-order valence-electron chi connectivity index (χ0n) is 13.2. The molecule has 112 valence electrons. The summed E-state index contributed by atoms with van der Waals surface area (Å²) < 4.78 is 1.22. The van der Waals surface area contributed by atoms with Crippen molar-refractivity contribution in [1.82, 2.24) is 5.32 Å². The first kappa shape index (κ1) is 15.8. The van der Waals surface area contributed by atoms with Gasteiger partial charge in [-0.15, -0.1) is 0 Å². The second-order valence-electron chi connectivity index (χ2n) is 6.45. The summed E-state index contributed by atoms with van der Waals surface area (Å²) in [4.78, 5) is 2.53. The van der Waals surface area contributed by atoms with E-state index in [2.05, 4.69) is 72.0 Å². The van der Waals surface area contributed by atoms with E-state index in [9.17, 15) is 0 Å². The Labute approximate surface area is 132 Å². The Balaban J connectivity index is 2.17. The van der Waals surface area contributed by atoms with Gasteiger partial charge in [0.15, 0.2) is 0 Å². The van der Waals surface area contributed by atoms with E-state index in [-0.39, 0.29) is 5.54 Å². The third-order valence-corrected chi connectivity index (χ3v) is 5.05. The molecule has 1 atom stereocenters. The van der Waals surface area contributed by atoms with Gasteiger partial charge in [-0.2, -0.15) is 0 Å². The number of benzene rings is 1. The van der Waals surface area contributed by atoms with Gasteiger partial charge in [0.1, 0.15) is 0 Å². The van der Waals surface area contributed by atoms with Crippen LogP contribution in [0.2, 0.25) is 0 Å². The van der Waals surface area contributed by atoms with Crippen LogP contribution in [0.4, 0.5) is 5.69 Å².